The fourth-order valence-corrected chi connectivity index (χ4v) is 3.37. The third-order valence-corrected chi connectivity index (χ3v) is 3.37. The molecule has 0 spiro atoms. The molecule has 0 aliphatic heterocycles. The first kappa shape index (κ1) is 18.3. The van der Waals surface area contributed by atoms with Gasteiger partial charge in [-0.2, -0.15) is 0 Å². The maximum atomic E-state index is 5.97. The predicted molar refractivity (Wildman–Crippen MR) is 78.3 cm³/mol. The van der Waals surface area contributed by atoms with Crippen LogP contribution in [0.5, 0.6) is 0 Å². The van der Waals surface area contributed by atoms with Crippen LogP contribution in [-0.2, 0) is 0 Å². The number of alkyl halides is 8. The molecular formula is C8H10Cl8. The Morgan fingerprint density at radius 3 is 1.06 bits per heavy atom. The SMILES string of the molecule is Cl[C@H](CC[C@H](Cl)CC(Cl)(Cl)Cl)CC(Cl)(Cl)Cl. The van der Waals surface area contributed by atoms with Crippen molar-refractivity contribution < 1.29 is 0 Å². The van der Waals surface area contributed by atoms with E-state index >= 15 is 0 Å². The molecular weight excluding hydrogens is 380 g/mol. The summed E-state index contributed by atoms with van der Waals surface area (Å²) in [5, 5.41) is -0.520. The van der Waals surface area contributed by atoms with Crippen molar-refractivity contribution in [1.29, 1.82) is 0 Å². The molecule has 0 aromatic heterocycles. The molecule has 0 saturated heterocycles. The van der Waals surface area contributed by atoms with Gasteiger partial charge in [-0.15, -0.1) is 23.2 Å². The second kappa shape index (κ2) is 7.80. The number of hydrogen-bond acceptors (Lipinski definition) is 0. The van der Waals surface area contributed by atoms with Gasteiger partial charge in [0.1, 0.15) is 0 Å². The van der Waals surface area contributed by atoms with E-state index in [0.717, 1.165) is 0 Å². The zero-order valence-electron chi connectivity index (χ0n) is 8.01. The monoisotopic (exact) mass is 386 g/mol. The van der Waals surface area contributed by atoms with E-state index in [1.54, 1.807) is 0 Å². The molecule has 8 heteroatoms. The Morgan fingerprint density at radius 2 is 0.875 bits per heavy atom. The molecule has 2 atom stereocenters. The Hall–Kier alpha value is 2.32. The highest BCUT2D eigenvalue weighted by molar-refractivity contribution is 6.68. The first-order valence-corrected chi connectivity index (χ1v) is 7.55. The zero-order valence-corrected chi connectivity index (χ0v) is 14.1. The molecule has 0 radical (unpaired) electrons. The summed E-state index contributed by atoms with van der Waals surface area (Å²) in [5.41, 5.74) is 0. The highest BCUT2D eigenvalue weighted by Gasteiger charge is 2.27. The Labute approximate surface area is 136 Å². The van der Waals surface area contributed by atoms with E-state index in [9.17, 15) is 0 Å². The molecule has 0 aliphatic rings. The summed E-state index contributed by atoms with van der Waals surface area (Å²) < 4.78 is -2.69. The van der Waals surface area contributed by atoms with E-state index in [0.29, 0.717) is 12.8 Å². The highest BCUT2D eigenvalue weighted by atomic mass is 35.6. The van der Waals surface area contributed by atoms with E-state index in [1.807, 2.05) is 0 Å². The van der Waals surface area contributed by atoms with E-state index in [-0.39, 0.29) is 23.6 Å². The molecule has 0 nitrogen and oxygen atoms in total. The fourth-order valence-electron chi connectivity index (χ4n) is 1.07. The lowest BCUT2D eigenvalue weighted by molar-refractivity contribution is 0.614. The summed E-state index contributed by atoms with van der Waals surface area (Å²) in [6.07, 6.45) is 1.72. The lowest BCUT2D eigenvalue weighted by atomic mass is 10.1. The lowest BCUT2D eigenvalue weighted by Gasteiger charge is -2.19. The standard InChI is InChI=1S/C8H10Cl8/c9-5(3-7(11,12)13)1-2-6(10)4-8(14,15)16/h5-6H,1-4H2/t5-,6+. The maximum absolute atomic E-state index is 5.97. The average molecular weight is 390 g/mol. The van der Waals surface area contributed by atoms with Crippen molar-refractivity contribution >= 4 is 92.8 Å². The van der Waals surface area contributed by atoms with Gasteiger partial charge >= 0.3 is 0 Å². The van der Waals surface area contributed by atoms with Gasteiger partial charge in [-0.3, -0.25) is 0 Å². The van der Waals surface area contributed by atoms with Gasteiger partial charge < -0.3 is 0 Å². The quantitative estimate of drug-likeness (QED) is 0.471. The van der Waals surface area contributed by atoms with Crippen LogP contribution in [0, 0.1) is 0 Å². The van der Waals surface area contributed by atoms with Crippen molar-refractivity contribution in [2.75, 3.05) is 0 Å². The molecule has 0 bridgehead atoms. The van der Waals surface area contributed by atoms with Crippen LogP contribution in [0.2, 0.25) is 0 Å². The van der Waals surface area contributed by atoms with Crippen LogP contribution in [0.1, 0.15) is 25.7 Å². The van der Waals surface area contributed by atoms with Crippen molar-refractivity contribution in [2.45, 2.75) is 44.0 Å². The van der Waals surface area contributed by atoms with Gasteiger partial charge in [0.2, 0.25) is 0 Å². The Morgan fingerprint density at radius 1 is 0.625 bits per heavy atom. The second-order valence-corrected chi connectivity index (χ2v) is 9.68. The van der Waals surface area contributed by atoms with E-state index < -0.39 is 7.59 Å². The van der Waals surface area contributed by atoms with Crippen molar-refractivity contribution in [3.05, 3.63) is 0 Å². The lowest BCUT2D eigenvalue weighted by Crippen LogP contribution is -2.16. The third kappa shape index (κ3) is 12.8. The van der Waals surface area contributed by atoms with Crippen molar-refractivity contribution in [3.8, 4) is 0 Å². The average Bonchev–Trinajstić information content (AvgIpc) is 1.94. The molecule has 0 unspecified atom stereocenters. The first-order valence-electron chi connectivity index (χ1n) is 4.41. The number of hydrogen-bond donors (Lipinski definition) is 0. The van der Waals surface area contributed by atoms with Gasteiger partial charge in [-0.25, -0.2) is 0 Å². The maximum Gasteiger partial charge on any atom is 0.192 e. The van der Waals surface area contributed by atoms with Crippen LogP contribution < -0.4 is 0 Å². The smallest absolute Gasteiger partial charge is 0.123 e. The molecule has 16 heavy (non-hydrogen) atoms. The molecule has 0 saturated carbocycles. The van der Waals surface area contributed by atoms with E-state index in [4.69, 9.17) is 92.8 Å². The third-order valence-electron chi connectivity index (χ3n) is 1.70. The van der Waals surface area contributed by atoms with E-state index in [2.05, 4.69) is 0 Å². The topological polar surface area (TPSA) is 0 Å². The number of halogens is 8. The normalized spacial score (nSPS) is 17.2. The van der Waals surface area contributed by atoms with Crippen LogP contribution in [-0.4, -0.2) is 18.3 Å². The van der Waals surface area contributed by atoms with Crippen molar-refractivity contribution in [1.82, 2.24) is 0 Å². The molecule has 0 aromatic rings. The van der Waals surface area contributed by atoms with Gasteiger partial charge in [-0.05, 0) is 12.8 Å². The summed E-state index contributed by atoms with van der Waals surface area (Å²) in [4.78, 5) is 0. The first-order chi connectivity index (χ1) is 6.99. The van der Waals surface area contributed by atoms with Crippen LogP contribution in [0.3, 0.4) is 0 Å². The summed E-state index contributed by atoms with van der Waals surface area (Å²) in [7, 11) is 0. The van der Waals surface area contributed by atoms with Gasteiger partial charge in [-0.1, -0.05) is 69.6 Å². The minimum Gasteiger partial charge on any atom is -0.123 e. The molecule has 0 amide bonds. The highest BCUT2D eigenvalue weighted by Crippen LogP contribution is 2.37. The fraction of sp³-hybridized carbons (Fsp3) is 1.00. The van der Waals surface area contributed by atoms with Crippen molar-refractivity contribution in [2.24, 2.45) is 0 Å². The summed E-state index contributed by atoms with van der Waals surface area (Å²) in [5.74, 6) is 0. The van der Waals surface area contributed by atoms with Crippen LogP contribution in [0.25, 0.3) is 0 Å². The summed E-state index contributed by atoms with van der Waals surface area (Å²) in [6.45, 7) is 0. The summed E-state index contributed by atoms with van der Waals surface area (Å²) >= 11 is 45.5. The molecule has 0 fully saturated rings. The number of rotatable bonds is 5. The van der Waals surface area contributed by atoms with Crippen LogP contribution >= 0.6 is 92.8 Å². The predicted octanol–water partition coefficient (Wildman–Crippen LogP) is 6.50. The second-order valence-electron chi connectivity index (χ2n) is 3.41. The molecule has 0 heterocycles. The van der Waals surface area contributed by atoms with Crippen LogP contribution in [0.15, 0.2) is 0 Å². The Bertz CT molecular complexity index is 171. The molecule has 0 N–H and O–H groups in total. The zero-order chi connectivity index (χ0) is 13.0. The van der Waals surface area contributed by atoms with Gasteiger partial charge in [0.05, 0.1) is 0 Å². The van der Waals surface area contributed by atoms with Crippen LogP contribution in [0.4, 0.5) is 0 Å². The molecule has 0 aliphatic carbocycles. The largest absolute Gasteiger partial charge is 0.192 e. The minimum absolute atomic E-state index is 0.260. The minimum atomic E-state index is -1.34. The molecule has 98 valence electrons. The van der Waals surface area contributed by atoms with E-state index in [1.165, 1.54) is 0 Å². The van der Waals surface area contributed by atoms with Gasteiger partial charge in [0, 0.05) is 23.6 Å². The van der Waals surface area contributed by atoms with Gasteiger partial charge in [0.15, 0.2) is 7.59 Å². The molecule has 0 rings (SSSR count). The van der Waals surface area contributed by atoms with Gasteiger partial charge in [0.25, 0.3) is 0 Å². The Balaban J connectivity index is 3.80. The van der Waals surface area contributed by atoms with Crippen molar-refractivity contribution in [3.63, 3.8) is 0 Å². The Kier molecular flexibility index (Phi) is 8.93. The molecule has 0 aromatic carbocycles. The summed E-state index contributed by atoms with van der Waals surface area (Å²) in [6, 6.07) is 0.